The highest BCUT2D eigenvalue weighted by Gasteiger charge is 2.32. The summed E-state index contributed by atoms with van der Waals surface area (Å²) in [5.74, 6) is -0.221. The standard InChI is InChI=1S/C23H31N3O5S/c1-16-2-5-23(22(29)10-16)32(30,31)26-12-17-3-4-20(11-18(17)13-26)24-19-6-8-25(9-7-19)14-21(28)15-27/h2-5,10-11,19,21,24,27-29H,6-9,12-15H2,1H3. The minimum absolute atomic E-state index is 0.0627. The molecule has 174 valence electrons. The maximum Gasteiger partial charge on any atom is 0.247 e. The first-order valence-corrected chi connectivity index (χ1v) is 12.4. The summed E-state index contributed by atoms with van der Waals surface area (Å²) in [5, 5.41) is 32.3. The highest BCUT2D eigenvalue weighted by atomic mass is 32.2. The zero-order valence-electron chi connectivity index (χ0n) is 18.2. The van der Waals surface area contributed by atoms with E-state index in [1.165, 1.54) is 16.4 Å². The number of aromatic hydroxyl groups is 1. The molecule has 1 fully saturated rings. The molecule has 2 aromatic carbocycles. The second kappa shape index (κ2) is 9.36. The Kier molecular flexibility index (Phi) is 6.73. The Bertz CT molecular complexity index is 1070. The largest absolute Gasteiger partial charge is 0.507 e. The molecule has 2 heterocycles. The Morgan fingerprint density at radius 2 is 1.81 bits per heavy atom. The number of anilines is 1. The molecule has 2 aliphatic heterocycles. The molecule has 0 aliphatic carbocycles. The first kappa shape index (κ1) is 23.0. The van der Waals surface area contributed by atoms with Gasteiger partial charge in [-0.1, -0.05) is 12.1 Å². The molecule has 0 bridgehead atoms. The number of rotatable bonds is 7. The lowest BCUT2D eigenvalue weighted by atomic mass is 10.0. The molecule has 0 saturated carbocycles. The van der Waals surface area contributed by atoms with E-state index in [-0.39, 0.29) is 30.3 Å². The molecule has 9 heteroatoms. The lowest BCUT2D eigenvalue weighted by Gasteiger charge is -2.33. The summed E-state index contributed by atoms with van der Waals surface area (Å²) < 4.78 is 27.6. The normalized spacial score (nSPS) is 19.1. The van der Waals surface area contributed by atoms with Crippen molar-refractivity contribution < 1.29 is 23.7 Å². The third-order valence-corrected chi connectivity index (χ3v) is 8.11. The number of hydrogen-bond acceptors (Lipinski definition) is 7. The molecule has 2 aromatic rings. The molecular weight excluding hydrogens is 430 g/mol. The van der Waals surface area contributed by atoms with Crippen molar-refractivity contribution in [2.75, 3.05) is 31.6 Å². The van der Waals surface area contributed by atoms with Crippen LogP contribution in [0, 0.1) is 6.92 Å². The summed E-state index contributed by atoms with van der Waals surface area (Å²) in [5.41, 5.74) is 3.71. The summed E-state index contributed by atoms with van der Waals surface area (Å²) in [6.07, 6.45) is 1.17. The molecular formula is C23H31N3O5S. The maximum absolute atomic E-state index is 13.1. The van der Waals surface area contributed by atoms with Gasteiger partial charge >= 0.3 is 0 Å². The average Bonchev–Trinajstić information content (AvgIpc) is 3.19. The third kappa shape index (κ3) is 4.92. The Balaban J connectivity index is 1.39. The van der Waals surface area contributed by atoms with Gasteiger partial charge in [-0.3, -0.25) is 0 Å². The van der Waals surface area contributed by atoms with Gasteiger partial charge in [0, 0.05) is 44.5 Å². The van der Waals surface area contributed by atoms with E-state index in [0.717, 1.165) is 48.3 Å². The van der Waals surface area contributed by atoms with Gasteiger partial charge in [-0.25, -0.2) is 8.42 Å². The second-order valence-corrected chi connectivity index (χ2v) is 10.7. The number of aliphatic hydroxyl groups excluding tert-OH is 2. The number of nitrogens with zero attached hydrogens (tertiary/aromatic N) is 2. The number of phenolic OH excluding ortho intramolecular Hbond substituents is 1. The summed E-state index contributed by atoms with van der Waals surface area (Å²) in [6, 6.07) is 10.9. The van der Waals surface area contributed by atoms with E-state index < -0.39 is 16.1 Å². The molecule has 4 N–H and O–H groups in total. The molecule has 4 rings (SSSR count). The van der Waals surface area contributed by atoms with Gasteiger partial charge < -0.3 is 25.5 Å². The minimum atomic E-state index is -3.79. The van der Waals surface area contributed by atoms with Crippen molar-refractivity contribution >= 4 is 15.7 Å². The molecule has 1 atom stereocenters. The highest BCUT2D eigenvalue weighted by Crippen LogP contribution is 2.34. The number of aryl methyl sites for hydroxylation is 1. The van der Waals surface area contributed by atoms with Gasteiger partial charge in [0.1, 0.15) is 10.6 Å². The monoisotopic (exact) mass is 461 g/mol. The number of hydrogen-bond donors (Lipinski definition) is 4. The highest BCUT2D eigenvalue weighted by molar-refractivity contribution is 7.89. The Morgan fingerprint density at radius 3 is 2.50 bits per heavy atom. The molecule has 32 heavy (non-hydrogen) atoms. The zero-order chi connectivity index (χ0) is 22.9. The summed E-state index contributed by atoms with van der Waals surface area (Å²) in [4.78, 5) is 2.10. The first-order chi connectivity index (χ1) is 15.3. The van der Waals surface area contributed by atoms with Crippen molar-refractivity contribution in [3.63, 3.8) is 0 Å². The lowest BCUT2D eigenvalue weighted by Crippen LogP contribution is -2.43. The van der Waals surface area contributed by atoms with Crippen LogP contribution in [0.25, 0.3) is 0 Å². The maximum atomic E-state index is 13.1. The van der Waals surface area contributed by atoms with E-state index in [0.29, 0.717) is 12.6 Å². The van der Waals surface area contributed by atoms with Crippen LogP contribution in [0.5, 0.6) is 5.75 Å². The SMILES string of the molecule is Cc1ccc(S(=O)(=O)N2Cc3ccc(NC4CCN(CC(O)CO)CC4)cc3C2)c(O)c1. The molecule has 1 unspecified atom stereocenters. The van der Waals surface area contributed by atoms with Crippen LogP contribution < -0.4 is 5.32 Å². The predicted molar refractivity (Wildman–Crippen MR) is 122 cm³/mol. The van der Waals surface area contributed by atoms with Gasteiger partial charge in [0.05, 0.1) is 12.7 Å². The summed E-state index contributed by atoms with van der Waals surface area (Å²) in [7, 11) is -3.79. The molecule has 1 saturated heterocycles. The number of benzene rings is 2. The molecule has 0 aromatic heterocycles. The Hall–Kier alpha value is -2.17. The number of nitrogens with one attached hydrogen (secondary N) is 1. The van der Waals surface area contributed by atoms with Crippen LogP contribution in [0.1, 0.15) is 29.5 Å². The number of likely N-dealkylation sites (tertiary alicyclic amines) is 1. The van der Waals surface area contributed by atoms with Crippen molar-refractivity contribution in [3.8, 4) is 5.75 Å². The Morgan fingerprint density at radius 1 is 1.09 bits per heavy atom. The van der Waals surface area contributed by atoms with E-state index in [1.807, 2.05) is 18.2 Å². The van der Waals surface area contributed by atoms with E-state index in [4.69, 9.17) is 5.11 Å². The van der Waals surface area contributed by atoms with E-state index in [2.05, 4.69) is 10.2 Å². The first-order valence-electron chi connectivity index (χ1n) is 11.0. The van der Waals surface area contributed by atoms with Crippen LogP contribution in [-0.2, 0) is 23.1 Å². The average molecular weight is 462 g/mol. The topological polar surface area (TPSA) is 113 Å². The van der Waals surface area contributed by atoms with Gasteiger partial charge in [0.2, 0.25) is 10.0 Å². The second-order valence-electron chi connectivity index (χ2n) is 8.78. The number of β-amino-alcohol motifs (C(OH)–C–C–N with tert-alkyl or cyclic N) is 1. The van der Waals surface area contributed by atoms with Crippen molar-refractivity contribution in [3.05, 3.63) is 53.1 Å². The quantitative estimate of drug-likeness (QED) is 0.496. The lowest BCUT2D eigenvalue weighted by molar-refractivity contribution is 0.0522. The molecule has 0 radical (unpaired) electrons. The molecule has 0 amide bonds. The van der Waals surface area contributed by atoms with Gasteiger partial charge in [0.15, 0.2) is 0 Å². The number of piperidine rings is 1. The van der Waals surface area contributed by atoms with E-state index >= 15 is 0 Å². The van der Waals surface area contributed by atoms with Crippen molar-refractivity contribution in [1.29, 1.82) is 0 Å². The fourth-order valence-electron chi connectivity index (χ4n) is 4.46. The fourth-order valence-corrected chi connectivity index (χ4v) is 5.92. The van der Waals surface area contributed by atoms with Crippen LogP contribution in [0.2, 0.25) is 0 Å². The van der Waals surface area contributed by atoms with Crippen LogP contribution in [0.3, 0.4) is 0 Å². The number of aliphatic hydroxyl groups is 2. The van der Waals surface area contributed by atoms with E-state index in [1.54, 1.807) is 13.0 Å². The van der Waals surface area contributed by atoms with Crippen molar-refractivity contribution in [2.45, 2.75) is 49.9 Å². The van der Waals surface area contributed by atoms with Crippen molar-refractivity contribution in [1.82, 2.24) is 9.21 Å². The summed E-state index contributed by atoms with van der Waals surface area (Å²) >= 11 is 0. The zero-order valence-corrected chi connectivity index (χ0v) is 19.1. The van der Waals surface area contributed by atoms with Crippen LogP contribution in [0.4, 0.5) is 5.69 Å². The number of sulfonamides is 1. The summed E-state index contributed by atoms with van der Waals surface area (Å²) in [6.45, 7) is 4.34. The van der Waals surface area contributed by atoms with Crippen LogP contribution >= 0.6 is 0 Å². The van der Waals surface area contributed by atoms with Gasteiger partial charge in [-0.15, -0.1) is 0 Å². The van der Waals surface area contributed by atoms with Crippen LogP contribution in [0.15, 0.2) is 41.3 Å². The number of phenols is 1. The third-order valence-electron chi connectivity index (χ3n) is 6.27. The van der Waals surface area contributed by atoms with Gasteiger partial charge in [-0.2, -0.15) is 4.31 Å². The van der Waals surface area contributed by atoms with Crippen molar-refractivity contribution in [2.24, 2.45) is 0 Å². The molecule has 2 aliphatic rings. The Labute approximate surface area is 189 Å². The number of fused-ring (bicyclic) bond motifs is 1. The van der Waals surface area contributed by atoms with Gasteiger partial charge in [0.25, 0.3) is 0 Å². The minimum Gasteiger partial charge on any atom is -0.507 e. The molecule has 8 nitrogen and oxygen atoms in total. The van der Waals surface area contributed by atoms with Gasteiger partial charge in [-0.05, 0) is 60.7 Å². The smallest absolute Gasteiger partial charge is 0.247 e. The predicted octanol–water partition coefficient (Wildman–Crippen LogP) is 1.63. The molecule has 0 spiro atoms. The van der Waals surface area contributed by atoms with Crippen LogP contribution in [-0.4, -0.2) is 71.3 Å². The fraction of sp³-hybridized carbons (Fsp3) is 0.478. The van der Waals surface area contributed by atoms with E-state index in [9.17, 15) is 18.6 Å².